The number of nitrogens with zero attached hydrogens (tertiary/aromatic N) is 1. The van der Waals surface area contributed by atoms with Crippen molar-refractivity contribution >= 4 is 0 Å². The zero-order valence-corrected chi connectivity index (χ0v) is 7.07. The Balaban J connectivity index is 1.74. The average Bonchev–Trinajstić information content (AvgIpc) is 2.74. The van der Waals surface area contributed by atoms with Crippen LogP contribution in [-0.2, 0) is 4.74 Å². The molecule has 3 nitrogen and oxygen atoms in total. The SMILES string of the molecule is c1ccn(NCC2CCOC2)c1. The van der Waals surface area contributed by atoms with Crippen LogP contribution in [0.25, 0.3) is 0 Å². The molecule has 0 bridgehead atoms. The van der Waals surface area contributed by atoms with E-state index in [0.717, 1.165) is 19.8 Å². The molecule has 1 N–H and O–H groups in total. The molecule has 1 atom stereocenters. The maximum Gasteiger partial charge on any atom is 0.0512 e. The van der Waals surface area contributed by atoms with Crippen molar-refractivity contribution in [3.05, 3.63) is 24.5 Å². The van der Waals surface area contributed by atoms with E-state index in [9.17, 15) is 0 Å². The molecule has 0 spiro atoms. The van der Waals surface area contributed by atoms with E-state index in [4.69, 9.17) is 4.74 Å². The van der Waals surface area contributed by atoms with E-state index in [1.54, 1.807) is 0 Å². The number of hydrogen-bond acceptors (Lipinski definition) is 2. The summed E-state index contributed by atoms with van der Waals surface area (Å²) in [6.07, 6.45) is 5.21. The lowest BCUT2D eigenvalue weighted by Crippen LogP contribution is -2.21. The number of hydrogen-bond donors (Lipinski definition) is 1. The molecule has 1 fully saturated rings. The van der Waals surface area contributed by atoms with Gasteiger partial charge in [0.05, 0.1) is 6.61 Å². The van der Waals surface area contributed by atoms with Crippen LogP contribution in [0.4, 0.5) is 0 Å². The fourth-order valence-corrected chi connectivity index (χ4v) is 1.42. The molecule has 3 heteroatoms. The second-order valence-electron chi connectivity index (χ2n) is 3.18. The molecular formula is C9H14N2O. The van der Waals surface area contributed by atoms with Crippen LogP contribution in [0.1, 0.15) is 6.42 Å². The van der Waals surface area contributed by atoms with Gasteiger partial charge in [-0.3, -0.25) is 4.68 Å². The smallest absolute Gasteiger partial charge is 0.0512 e. The molecule has 0 aliphatic carbocycles. The Morgan fingerprint density at radius 3 is 2.92 bits per heavy atom. The summed E-state index contributed by atoms with van der Waals surface area (Å²) in [4.78, 5) is 0. The highest BCUT2D eigenvalue weighted by atomic mass is 16.5. The van der Waals surface area contributed by atoms with Crippen LogP contribution >= 0.6 is 0 Å². The molecule has 12 heavy (non-hydrogen) atoms. The van der Waals surface area contributed by atoms with Gasteiger partial charge in [-0.05, 0) is 18.6 Å². The Kier molecular flexibility index (Phi) is 2.32. The predicted octanol–water partition coefficient (Wildman–Crippen LogP) is 1.07. The third-order valence-corrected chi connectivity index (χ3v) is 2.19. The summed E-state index contributed by atoms with van der Waals surface area (Å²) in [5.41, 5.74) is 3.30. The third-order valence-electron chi connectivity index (χ3n) is 2.19. The van der Waals surface area contributed by atoms with Gasteiger partial charge in [-0.25, -0.2) is 0 Å². The van der Waals surface area contributed by atoms with E-state index in [0.29, 0.717) is 5.92 Å². The van der Waals surface area contributed by atoms with E-state index in [1.807, 2.05) is 29.2 Å². The van der Waals surface area contributed by atoms with Gasteiger partial charge < -0.3 is 10.2 Å². The lowest BCUT2D eigenvalue weighted by molar-refractivity contribution is 0.187. The van der Waals surface area contributed by atoms with E-state index >= 15 is 0 Å². The van der Waals surface area contributed by atoms with Crippen molar-refractivity contribution in [1.29, 1.82) is 0 Å². The zero-order chi connectivity index (χ0) is 8.23. The lowest BCUT2D eigenvalue weighted by atomic mass is 10.1. The van der Waals surface area contributed by atoms with Crippen molar-refractivity contribution in [2.24, 2.45) is 5.92 Å². The summed E-state index contributed by atoms with van der Waals surface area (Å²) >= 11 is 0. The number of nitrogens with one attached hydrogen (secondary N) is 1. The van der Waals surface area contributed by atoms with Gasteiger partial charge in [0.25, 0.3) is 0 Å². The molecule has 1 aliphatic heterocycles. The largest absolute Gasteiger partial charge is 0.381 e. The van der Waals surface area contributed by atoms with Crippen LogP contribution in [0.15, 0.2) is 24.5 Å². The summed E-state index contributed by atoms with van der Waals surface area (Å²) in [6, 6.07) is 4.02. The van der Waals surface area contributed by atoms with Gasteiger partial charge in [0.15, 0.2) is 0 Å². The second-order valence-corrected chi connectivity index (χ2v) is 3.18. The minimum absolute atomic E-state index is 0.687. The molecule has 1 aliphatic rings. The average molecular weight is 166 g/mol. The zero-order valence-electron chi connectivity index (χ0n) is 7.07. The van der Waals surface area contributed by atoms with Crippen molar-refractivity contribution in [3.8, 4) is 0 Å². The van der Waals surface area contributed by atoms with Crippen molar-refractivity contribution in [2.75, 3.05) is 25.2 Å². The lowest BCUT2D eigenvalue weighted by Gasteiger charge is -2.10. The van der Waals surface area contributed by atoms with E-state index in [1.165, 1.54) is 6.42 Å². The summed E-state index contributed by atoms with van der Waals surface area (Å²) in [5, 5.41) is 0. The number of aromatic nitrogens is 1. The van der Waals surface area contributed by atoms with Gasteiger partial charge in [-0.1, -0.05) is 0 Å². The monoisotopic (exact) mass is 166 g/mol. The van der Waals surface area contributed by atoms with Gasteiger partial charge in [0, 0.05) is 31.5 Å². The van der Waals surface area contributed by atoms with Crippen LogP contribution in [0.2, 0.25) is 0 Å². The standard InChI is InChI=1S/C9H14N2O/c1-2-5-11(4-1)10-7-9-3-6-12-8-9/h1-2,4-5,9-10H,3,6-8H2. The van der Waals surface area contributed by atoms with E-state index in [-0.39, 0.29) is 0 Å². The number of rotatable bonds is 3. The molecule has 1 saturated heterocycles. The molecule has 0 saturated carbocycles. The molecule has 0 aromatic carbocycles. The Morgan fingerprint density at radius 2 is 2.25 bits per heavy atom. The van der Waals surface area contributed by atoms with Crippen molar-refractivity contribution in [2.45, 2.75) is 6.42 Å². The van der Waals surface area contributed by atoms with E-state index in [2.05, 4.69) is 5.43 Å². The fraction of sp³-hybridized carbons (Fsp3) is 0.556. The summed E-state index contributed by atoms with van der Waals surface area (Å²) in [5.74, 6) is 0.687. The van der Waals surface area contributed by atoms with Gasteiger partial charge in [-0.2, -0.15) is 0 Å². The fourth-order valence-electron chi connectivity index (χ4n) is 1.42. The van der Waals surface area contributed by atoms with Crippen LogP contribution in [0.3, 0.4) is 0 Å². The molecule has 2 rings (SSSR count). The molecule has 1 aromatic rings. The molecule has 0 radical (unpaired) electrons. The van der Waals surface area contributed by atoms with Crippen LogP contribution < -0.4 is 5.43 Å². The van der Waals surface area contributed by atoms with Crippen LogP contribution in [-0.4, -0.2) is 24.4 Å². The molecule has 1 aromatic heterocycles. The summed E-state index contributed by atoms with van der Waals surface area (Å²) < 4.78 is 7.26. The first-order valence-corrected chi connectivity index (χ1v) is 4.40. The quantitative estimate of drug-likeness (QED) is 0.727. The maximum atomic E-state index is 5.28. The number of ether oxygens (including phenoxy) is 1. The highest BCUT2D eigenvalue weighted by Gasteiger charge is 2.14. The Hall–Kier alpha value is -0.960. The maximum absolute atomic E-state index is 5.28. The molecule has 0 amide bonds. The Bertz CT molecular complexity index is 214. The molecule has 2 heterocycles. The predicted molar refractivity (Wildman–Crippen MR) is 47.6 cm³/mol. The first kappa shape index (κ1) is 7.68. The molecule has 66 valence electrons. The van der Waals surface area contributed by atoms with Gasteiger partial charge >= 0.3 is 0 Å². The van der Waals surface area contributed by atoms with Crippen molar-refractivity contribution in [1.82, 2.24) is 4.68 Å². The van der Waals surface area contributed by atoms with Crippen LogP contribution in [0, 0.1) is 5.92 Å². The summed E-state index contributed by atoms with van der Waals surface area (Å²) in [6.45, 7) is 2.85. The van der Waals surface area contributed by atoms with Crippen LogP contribution in [0.5, 0.6) is 0 Å². The second kappa shape index (κ2) is 3.63. The normalized spacial score (nSPS) is 22.8. The summed E-state index contributed by atoms with van der Waals surface area (Å²) in [7, 11) is 0. The van der Waals surface area contributed by atoms with Gasteiger partial charge in [0.2, 0.25) is 0 Å². The third kappa shape index (κ3) is 1.80. The van der Waals surface area contributed by atoms with Crippen molar-refractivity contribution in [3.63, 3.8) is 0 Å². The van der Waals surface area contributed by atoms with Gasteiger partial charge in [-0.15, -0.1) is 0 Å². The highest BCUT2D eigenvalue weighted by Crippen LogP contribution is 2.10. The first-order valence-electron chi connectivity index (χ1n) is 4.40. The minimum Gasteiger partial charge on any atom is -0.381 e. The van der Waals surface area contributed by atoms with Gasteiger partial charge in [0.1, 0.15) is 0 Å². The van der Waals surface area contributed by atoms with E-state index < -0.39 is 0 Å². The Labute approximate surface area is 72.3 Å². The highest BCUT2D eigenvalue weighted by molar-refractivity contribution is 4.93. The molecular weight excluding hydrogens is 152 g/mol. The van der Waals surface area contributed by atoms with Crippen molar-refractivity contribution < 1.29 is 4.74 Å². The first-order chi connectivity index (χ1) is 5.95. The Morgan fingerprint density at radius 1 is 1.42 bits per heavy atom. The minimum atomic E-state index is 0.687. The topological polar surface area (TPSA) is 26.2 Å². The molecule has 1 unspecified atom stereocenters.